The molecule has 0 saturated carbocycles. The second-order valence-electron chi connectivity index (χ2n) is 5.15. The molecule has 0 aromatic heterocycles. The van der Waals surface area contributed by atoms with Crippen LogP contribution in [0.2, 0.25) is 0 Å². The van der Waals surface area contributed by atoms with E-state index in [9.17, 15) is 9.59 Å². The summed E-state index contributed by atoms with van der Waals surface area (Å²) in [4.78, 5) is 23.2. The minimum absolute atomic E-state index is 0.0645. The summed E-state index contributed by atoms with van der Waals surface area (Å²) in [6.45, 7) is 6.03. The van der Waals surface area contributed by atoms with E-state index in [-0.39, 0.29) is 30.4 Å². The van der Waals surface area contributed by atoms with Gasteiger partial charge in [0.25, 0.3) is 0 Å². The zero-order chi connectivity index (χ0) is 15.8. The standard InChI is InChI=1S/C15H22BrN3O2/c1-10(2)18-14(20)7-8-17-15(21)19-11(3)12-5-4-6-13(16)9-12/h4-6,9-11H,7-8H2,1-3H3,(H,18,20)(H2,17,19,21). The highest BCUT2D eigenvalue weighted by Crippen LogP contribution is 2.17. The molecule has 3 amide bonds. The van der Waals surface area contributed by atoms with Gasteiger partial charge in [-0.3, -0.25) is 4.79 Å². The van der Waals surface area contributed by atoms with Gasteiger partial charge in [-0.2, -0.15) is 0 Å². The Hall–Kier alpha value is -1.56. The van der Waals surface area contributed by atoms with Crippen LogP contribution in [-0.4, -0.2) is 24.5 Å². The summed E-state index contributed by atoms with van der Waals surface area (Å²) in [5, 5.41) is 8.29. The summed E-state index contributed by atoms with van der Waals surface area (Å²) < 4.78 is 0.972. The minimum Gasteiger partial charge on any atom is -0.354 e. The number of halogens is 1. The monoisotopic (exact) mass is 355 g/mol. The Balaban J connectivity index is 2.32. The Morgan fingerprint density at radius 2 is 1.90 bits per heavy atom. The predicted molar refractivity (Wildman–Crippen MR) is 87.0 cm³/mol. The second kappa shape index (κ2) is 8.67. The molecule has 6 heteroatoms. The van der Waals surface area contributed by atoms with Crippen molar-refractivity contribution >= 4 is 27.9 Å². The highest BCUT2D eigenvalue weighted by Gasteiger charge is 2.10. The topological polar surface area (TPSA) is 70.2 Å². The Bertz CT molecular complexity index is 492. The van der Waals surface area contributed by atoms with Crippen LogP contribution in [0.15, 0.2) is 28.7 Å². The smallest absolute Gasteiger partial charge is 0.315 e. The molecule has 0 spiro atoms. The average molecular weight is 356 g/mol. The average Bonchev–Trinajstić information content (AvgIpc) is 2.37. The molecular weight excluding hydrogens is 334 g/mol. The van der Waals surface area contributed by atoms with Gasteiger partial charge in [0.1, 0.15) is 0 Å². The predicted octanol–water partition coefficient (Wildman–Crippen LogP) is 2.72. The van der Waals surface area contributed by atoms with E-state index >= 15 is 0 Å². The van der Waals surface area contributed by atoms with Gasteiger partial charge in [0.05, 0.1) is 6.04 Å². The second-order valence-corrected chi connectivity index (χ2v) is 6.06. The molecule has 0 saturated heterocycles. The van der Waals surface area contributed by atoms with Crippen molar-refractivity contribution < 1.29 is 9.59 Å². The maximum Gasteiger partial charge on any atom is 0.315 e. The van der Waals surface area contributed by atoms with Gasteiger partial charge >= 0.3 is 6.03 Å². The van der Waals surface area contributed by atoms with Crippen molar-refractivity contribution in [3.05, 3.63) is 34.3 Å². The quantitative estimate of drug-likeness (QED) is 0.734. The number of carbonyl (C=O) groups excluding carboxylic acids is 2. The van der Waals surface area contributed by atoms with Crippen LogP contribution < -0.4 is 16.0 Å². The van der Waals surface area contributed by atoms with Crippen molar-refractivity contribution in [1.29, 1.82) is 0 Å². The SMILES string of the molecule is CC(C)NC(=O)CCNC(=O)NC(C)c1cccc(Br)c1. The Kier molecular flexibility index (Phi) is 7.22. The molecular formula is C15H22BrN3O2. The zero-order valence-electron chi connectivity index (χ0n) is 12.6. The zero-order valence-corrected chi connectivity index (χ0v) is 14.2. The van der Waals surface area contributed by atoms with Gasteiger partial charge in [-0.05, 0) is 38.5 Å². The van der Waals surface area contributed by atoms with Gasteiger partial charge in [-0.25, -0.2) is 4.79 Å². The number of benzene rings is 1. The van der Waals surface area contributed by atoms with E-state index in [0.717, 1.165) is 10.0 Å². The Morgan fingerprint density at radius 3 is 2.52 bits per heavy atom. The molecule has 0 aliphatic heterocycles. The van der Waals surface area contributed by atoms with Crippen molar-refractivity contribution in [3.63, 3.8) is 0 Å². The molecule has 5 nitrogen and oxygen atoms in total. The molecule has 1 aromatic rings. The van der Waals surface area contributed by atoms with Gasteiger partial charge in [-0.15, -0.1) is 0 Å². The third kappa shape index (κ3) is 7.13. The molecule has 1 aromatic carbocycles. The number of carbonyl (C=O) groups is 2. The fraction of sp³-hybridized carbons (Fsp3) is 0.467. The molecule has 0 radical (unpaired) electrons. The summed E-state index contributed by atoms with van der Waals surface area (Å²) >= 11 is 3.40. The first-order chi connectivity index (χ1) is 9.88. The largest absolute Gasteiger partial charge is 0.354 e. The van der Waals surface area contributed by atoms with Crippen LogP contribution in [0.5, 0.6) is 0 Å². The molecule has 0 aliphatic carbocycles. The van der Waals surface area contributed by atoms with E-state index in [1.807, 2.05) is 45.0 Å². The number of hydrogen-bond acceptors (Lipinski definition) is 2. The lowest BCUT2D eigenvalue weighted by molar-refractivity contribution is -0.121. The first-order valence-electron chi connectivity index (χ1n) is 6.97. The minimum atomic E-state index is -0.278. The highest BCUT2D eigenvalue weighted by atomic mass is 79.9. The maximum absolute atomic E-state index is 11.7. The van der Waals surface area contributed by atoms with Crippen molar-refractivity contribution in [1.82, 2.24) is 16.0 Å². The fourth-order valence-electron chi connectivity index (χ4n) is 1.79. The van der Waals surface area contributed by atoms with E-state index in [1.165, 1.54) is 0 Å². The molecule has 0 aliphatic rings. The van der Waals surface area contributed by atoms with Crippen LogP contribution in [0, 0.1) is 0 Å². The molecule has 3 N–H and O–H groups in total. The van der Waals surface area contributed by atoms with Crippen LogP contribution in [0.1, 0.15) is 38.8 Å². The van der Waals surface area contributed by atoms with Crippen LogP contribution in [0.4, 0.5) is 4.79 Å². The van der Waals surface area contributed by atoms with Gasteiger partial charge in [0.15, 0.2) is 0 Å². The molecule has 0 fully saturated rings. The molecule has 116 valence electrons. The number of rotatable bonds is 6. The molecule has 0 heterocycles. The molecule has 1 atom stereocenters. The lowest BCUT2D eigenvalue weighted by Gasteiger charge is -2.15. The lowest BCUT2D eigenvalue weighted by Crippen LogP contribution is -2.39. The number of urea groups is 1. The summed E-state index contributed by atoms with van der Waals surface area (Å²) in [6, 6.07) is 7.50. The van der Waals surface area contributed by atoms with Crippen LogP contribution >= 0.6 is 15.9 Å². The van der Waals surface area contributed by atoms with Gasteiger partial charge in [-0.1, -0.05) is 28.1 Å². The van der Waals surface area contributed by atoms with Crippen molar-refractivity contribution in [2.45, 2.75) is 39.3 Å². The first kappa shape index (κ1) is 17.5. The summed E-state index contributed by atoms with van der Waals surface area (Å²) in [5.74, 6) is -0.0645. The molecule has 0 bridgehead atoms. The lowest BCUT2D eigenvalue weighted by atomic mass is 10.1. The van der Waals surface area contributed by atoms with Gasteiger partial charge < -0.3 is 16.0 Å². The van der Waals surface area contributed by atoms with Crippen molar-refractivity contribution in [3.8, 4) is 0 Å². The van der Waals surface area contributed by atoms with Crippen molar-refractivity contribution in [2.75, 3.05) is 6.54 Å². The summed E-state index contributed by atoms with van der Waals surface area (Å²) in [5.41, 5.74) is 1.01. The number of nitrogens with one attached hydrogen (secondary N) is 3. The highest BCUT2D eigenvalue weighted by molar-refractivity contribution is 9.10. The molecule has 21 heavy (non-hydrogen) atoms. The van der Waals surface area contributed by atoms with Crippen LogP contribution in [0.3, 0.4) is 0 Å². The van der Waals surface area contributed by atoms with Crippen LogP contribution in [0.25, 0.3) is 0 Å². The Morgan fingerprint density at radius 1 is 1.19 bits per heavy atom. The first-order valence-corrected chi connectivity index (χ1v) is 7.77. The number of hydrogen-bond donors (Lipinski definition) is 3. The van der Waals surface area contributed by atoms with Gasteiger partial charge in [0.2, 0.25) is 5.91 Å². The normalized spacial score (nSPS) is 11.9. The van der Waals surface area contributed by atoms with E-state index in [0.29, 0.717) is 6.54 Å². The van der Waals surface area contributed by atoms with Gasteiger partial charge in [0, 0.05) is 23.5 Å². The van der Waals surface area contributed by atoms with E-state index in [4.69, 9.17) is 0 Å². The molecule has 1 unspecified atom stereocenters. The third-order valence-corrected chi connectivity index (χ3v) is 3.28. The Labute approximate surface area is 134 Å². The fourth-order valence-corrected chi connectivity index (χ4v) is 2.21. The summed E-state index contributed by atoms with van der Waals surface area (Å²) in [7, 11) is 0. The third-order valence-electron chi connectivity index (χ3n) is 2.78. The van der Waals surface area contributed by atoms with E-state index in [1.54, 1.807) is 0 Å². The van der Waals surface area contributed by atoms with E-state index in [2.05, 4.69) is 31.9 Å². The van der Waals surface area contributed by atoms with E-state index < -0.39 is 0 Å². The van der Waals surface area contributed by atoms with Crippen LogP contribution in [-0.2, 0) is 4.79 Å². The molecule has 1 rings (SSSR count). The maximum atomic E-state index is 11.7. The van der Waals surface area contributed by atoms with Crippen molar-refractivity contribution in [2.24, 2.45) is 0 Å². The number of amides is 3. The summed E-state index contributed by atoms with van der Waals surface area (Å²) in [6.07, 6.45) is 0.275.